The summed E-state index contributed by atoms with van der Waals surface area (Å²) < 4.78 is 2.03. The summed E-state index contributed by atoms with van der Waals surface area (Å²) in [6.07, 6.45) is 3.43. The number of carbonyl (C=O) groups is 1. The molecule has 1 saturated carbocycles. The van der Waals surface area contributed by atoms with E-state index in [2.05, 4.69) is 35.4 Å². The first-order chi connectivity index (χ1) is 12.0. The Morgan fingerprint density at radius 3 is 2.72 bits per heavy atom. The van der Waals surface area contributed by atoms with Gasteiger partial charge in [-0.05, 0) is 43.7 Å². The summed E-state index contributed by atoms with van der Waals surface area (Å²) in [6.45, 7) is 6.26. The van der Waals surface area contributed by atoms with E-state index in [1.165, 1.54) is 30.2 Å². The maximum atomic E-state index is 12.7. The number of benzene rings is 1. The third-order valence-corrected chi connectivity index (χ3v) is 5.96. The minimum Gasteiger partial charge on any atom is -0.325 e. The first-order valence-electron chi connectivity index (χ1n) is 8.97. The molecule has 0 bridgehead atoms. The summed E-state index contributed by atoms with van der Waals surface area (Å²) in [6, 6.07) is 8.05. The predicted octanol–water partition coefficient (Wildman–Crippen LogP) is 4.33. The molecule has 134 valence electrons. The van der Waals surface area contributed by atoms with Crippen LogP contribution in [0, 0.1) is 0 Å². The molecule has 0 unspecified atom stereocenters. The van der Waals surface area contributed by atoms with E-state index >= 15 is 0 Å². The molecule has 5 nitrogen and oxygen atoms in total. The summed E-state index contributed by atoms with van der Waals surface area (Å²) in [5, 5.41) is 12.2. The lowest BCUT2D eigenvalue weighted by Crippen LogP contribution is -2.23. The van der Waals surface area contributed by atoms with Gasteiger partial charge in [0.2, 0.25) is 5.91 Å². The molecule has 1 aliphatic rings. The number of thioether (sulfide) groups is 1. The minimum absolute atomic E-state index is 0.00303. The smallest absolute Gasteiger partial charge is 0.237 e. The second-order valence-electron chi connectivity index (χ2n) is 6.82. The van der Waals surface area contributed by atoms with Crippen molar-refractivity contribution in [1.82, 2.24) is 14.8 Å². The topological polar surface area (TPSA) is 59.8 Å². The molecule has 1 amide bonds. The van der Waals surface area contributed by atoms with E-state index in [9.17, 15) is 4.79 Å². The van der Waals surface area contributed by atoms with Gasteiger partial charge in [0.1, 0.15) is 5.82 Å². The number of hydrogen-bond donors (Lipinski definition) is 1. The average Bonchev–Trinajstić information content (AvgIpc) is 3.39. The highest BCUT2D eigenvalue weighted by Gasteiger charge is 2.30. The maximum Gasteiger partial charge on any atom is 0.237 e. The zero-order chi connectivity index (χ0) is 18.0. The van der Waals surface area contributed by atoms with Crippen molar-refractivity contribution in [2.75, 3.05) is 5.32 Å². The van der Waals surface area contributed by atoms with E-state index in [4.69, 9.17) is 0 Å². The van der Waals surface area contributed by atoms with Crippen LogP contribution in [0.4, 0.5) is 5.69 Å². The molecule has 3 rings (SSSR count). The highest BCUT2D eigenvalue weighted by atomic mass is 32.2. The third kappa shape index (κ3) is 4.06. The molecule has 1 aromatic heterocycles. The van der Waals surface area contributed by atoms with Crippen LogP contribution >= 0.6 is 11.8 Å². The zero-order valence-corrected chi connectivity index (χ0v) is 16.1. The fourth-order valence-electron chi connectivity index (χ4n) is 2.83. The van der Waals surface area contributed by atoms with Gasteiger partial charge in [-0.1, -0.05) is 43.8 Å². The first-order valence-corrected chi connectivity index (χ1v) is 9.85. The monoisotopic (exact) mass is 358 g/mol. The molecule has 1 N–H and O–H groups in total. The number of carbonyl (C=O) groups excluding carboxylic acids is 1. The van der Waals surface area contributed by atoms with Crippen LogP contribution in [0.25, 0.3) is 0 Å². The Labute approximate surface area is 153 Å². The lowest BCUT2D eigenvalue weighted by Gasteiger charge is -2.17. The van der Waals surface area contributed by atoms with Crippen LogP contribution in [0.3, 0.4) is 0 Å². The van der Waals surface area contributed by atoms with Crippen LogP contribution in [-0.2, 0) is 11.8 Å². The largest absolute Gasteiger partial charge is 0.325 e. The molecule has 6 heteroatoms. The Bertz CT molecular complexity index is 754. The van der Waals surface area contributed by atoms with Crippen molar-refractivity contribution in [3.05, 3.63) is 35.7 Å². The number of nitrogens with zero attached hydrogens (tertiary/aromatic N) is 3. The molecule has 0 spiro atoms. The molecule has 1 heterocycles. The molecule has 1 aromatic carbocycles. The molecule has 1 fully saturated rings. The molecule has 1 aliphatic carbocycles. The van der Waals surface area contributed by atoms with Crippen molar-refractivity contribution in [2.45, 2.75) is 62.3 Å². The van der Waals surface area contributed by atoms with Crippen LogP contribution in [0.5, 0.6) is 0 Å². The second kappa shape index (κ2) is 7.60. The van der Waals surface area contributed by atoms with Crippen LogP contribution < -0.4 is 5.32 Å². The molecule has 0 radical (unpaired) electrons. The Hall–Kier alpha value is -1.82. The number of aromatic nitrogens is 3. The van der Waals surface area contributed by atoms with E-state index in [0.717, 1.165) is 23.1 Å². The van der Waals surface area contributed by atoms with Gasteiger partial charge in [0.05, 0.1) is 5.25 Å². The van der Waals surface area contributed by atoms with Gasteiger partial charge in [0.15, 0.2) is 5.16 Å². The number of amides is 1. The highest BCUT2D eigenvalue weighted by molar-refractivity contribution is 8.00. The van der Waals surface area contributed by atoms with Crippen LogP contribution in [0.2, 0.25) is 0 Å². The van der Waals surface area contributed by atoms with Gasteiger partial charge in [-0.3, -0.25) is 4.79 Å². The summed E-state index contributed by atoms with van der Waals surface area (Å²) in [5.74, 6) is 2.01. The van der Waals surface area contributed by atoms with Gasteiger partial charge >= 0.3 is 0 Å². The van der Waals surface area contributed by atoms with E-state index in [-0.39, 0.29) is 11.2 Å². The molecule has 2 atom stereocenters. The normalized spacial score (nSPS) is 16.5. The van der Waals surface area contributed by atoms with Gasteiger partial charge in [-0.25, -0.2) is 0 Å². The summed E-state index contributed by atoms with van der Waals surface area (Å²) >= 11 is 1.46. The Balaban J connectivity index is 1.67. The molecular weight excluding hydrogens is 332 g/mol. The van der Waals surface area contributed by atoms with Crippen molar-refractivity contribution in [1.29, 1.82) is 0 Å². The Morgan fingerprint density at radius 2 is 2.04 bits per heavy atom. The lowest BCUT2D eigenvalue weighted by atomic mass is 9.97. The van der Waals surface area contributed by atoms with Crippen molar-refractivity contribution in [3.8, 4) is 0 Å². The van der Waals surface area contributed by atoms with Crippen LogP contribution in [-0.4, -0.2) is 25.9 Å². The quantitative estimate of drug-likeness (QED) is 0.749. The van der Waals surface area contributed by atoms with Gasteiger partial charge in [0, 0.05) is 18.7 Å². The molecule has 0 saturated heterocycles. The number of para-hydroxylation sites is 1. The minimum atomic E-state index is -0.236. The molecule has 0 aliphatic heterocycles. The molecular formula is C19H26N4OS. The van der Waals surface area contributed by atoms with Crippen molar-refractivity contribution >= 4 is 23.4 Å². The Kier molecular flexibility index (Phi) is 5.47. The van der Waals surface area contributed by atoms with Crippen LogP contribution in [0.1, 0.15) is 63.3 Å². The molecule has 2 aromatic rings. The summed E-state index contributed by atoms with van der Waals surface area (Å²) in [5.41, 5.74) is 2.09. The maximum absolute atomic E-state index is 12.7. The first kappa shape index (κ1) is 18.0. The van der Waals surface area contributed by atoms with Gasteiger partial charge in [-0.2, -0.15) is 0 Å². The second-order valence-corrected chi connectivity index (χ2v) is 8.13. The fraction of sp³-hybridized carbons (Fsp3) is 0.526. The van der Waals surface area contributed by atoms with E-state index in [1.54, 1.807) is 0 Å². The zero-order valence-electron chi connectivity index (χ0n) is 15.3. The fourth-order valence-corrected chi connectivity index (χ4v) is 3.65. The van der Waals surface area contributed by atoms with Crippen molar-refractivity contribution in [3.63, 3.8) is 0 Å². The standard InChI is InChI=1S/C19H26N4OS/c1-5-12(2)15-8-6-7-9-16(15)20-18(24)13(3)25-19-22-21-17(23(19)4)14-10-11-14/h6-9,12-14H,5,10-11H2,1-4H3,(H,20,24)/t12-,13+/m0/s1. The van der Waals surface area contributed by atoms with Gasteiger partial charge in [-0.15, -0.1) is 10.2 Å². The van der Waals surface area contributed by atoms with Crippen LogP contribution in [0.15, 0.2) is 29.4 Å². The lowest BCUT2D eigenvalue weighted by molar-refractivity contribution is -0.115. The van der Waals surface area contributed by atoms with Gasteiger partial charge in [0.25, 0.3) is 0 Å². The summed E-state index contributed by atoms with van der Waals surface area (Å²) in [4.78, 5) is 12.7. The SMILES string of the molecule is CC[C@H](C)c1ccccc1NC(=O)[C@@H](C)Sc1nnc(C2CC2)n1C. The Morgan fingerprint density at radius 1 is 1.32 bits per heavy atom. The number of hydrogen-bond acceptors (Lipinski definition) is 4. The third-order valence-electron chi connectivity index (χ3n) is 4.82. The van der Waals surface area contributed by atoms with Crippen molar-refractivity contribution in [2.24, 2.45) is 7.05 Å². The average molecular weight is 359 g/mol. The summed E-state index contributed by atoms with van der Waals surface area (Å²) in [7, 11) is 1.98. The highest BCUT2D eigenvalue weighted by Crippen LogP contribution is 2.39. The number of anilines is 1. The predicted molar refractivity (Wildman–Crippen MR) is 102 cm³/mol. The van der Waals surface area contributed by atoms with E-state index < -0.39 is 0 Å². The van der Waals surface area contributed by atoms with E-state index in [1.807, 2.05) is 36.7 Å². The number of nitrogens with one attached hydrogen (secondary N) is 1. The van der Waals surface area contributed by atoms with Gasteiger partial charge < -0.3 is 9.88 Å². The number of rotatable bonds is 7. The van der Waals surface area contributed by atoms with Crippen molar-refractivity contribution < 1.29 is 4.79 Å². The molecule has 25 heavy (non-hydrogen) atoms. The van der Waals surface area contributed by atoms with E-state index in [0.29, 0.717) is 11.8 Å².